The molecule has 1 aromatic heterocycles. The molecule has 0 radical (unpaired) electrons. The van der Waals surface area contributed by atoms with E-state index in [1.807, 2.05) is 0 Å². The lowest BCUT2D eigenvalue weighted by molar-refractivity contribution is -0.148. The summed E-state index contributed by atoms with van der Waals surface area (Å²) in [5.41, 5.74) is -1.93. The van der Waals surface area contributed by atoms with Gasteiger partial charge in [-0.05, 0) is 37.3 Å². The van der Waals surface area contributed by atoms with Crippen LogP contribution in [0.25, 0.3) is 0 Å². The molecule has 3 aromatic rings. The van der Waals surface area contributed by atoms with Crippen molar-refractivity contribution in [1.29, 1.82) is 0 Å². The second kappa shape index (κ2) is 10.5. The molecule has 38 heavy (non-hydrogen) atoms. The van der Waals surface area contributed by atoms with Gasteiger partial charge in [-0.3, -0.25) is 4.90 Å². The number of hydrogen-bond donors (Lipinski definition) is 1. The molecular weight excluding hydrogens is 520 g/mol. The molecule has 8 nitrogen and oxygen atoms in total. The molecule has 0 saturated carbocycles. The van der Waals surface area contributed by atoms with Crippen molar-refractivity contribution in [3.63, 3.8) is 0 Å². The Balaban J connectivity index is 1.53. The number of aromatic nitrogens is 3. The Kier molecular flexibility index (Phi) is 7.54. The first kappa shape index (κ1) is 27.2. The zero-order valence-electron chi connectivity index (χ0n) is 19.9. The standard InChI is InChI=1S/C24H23F6N5O3/c1-15(23(37,11-33-14-31-13-32-33)19-7-2-16(25)10-20(19)26)34-8-9-35(22(34)36)17-3-5-18(6-4-17)38-12-24(29,30)21(27)28/h2-7,10,13-15,21,37H,8-9,11-12H2,1H3/t15-,23-/m1/s1. The maximum Gasteiger partial charge on any atom is 0.340 e. The molecule has 1 N–H and O–H groups in total. The van der Waals surface area contributed by atoms with Crippen LogP contribution in [0.4, 0.5) is 36.8 Å². The SMILES string of the molecule is C[C@@H](N1CCN(c2ccc(OCC(F)(F)C(F)F)cc2)C1=O)[C@](O)(Cn1cncn1)c1ccc(F)cc1F. The van der Waals surface area contributed by atoms with E-state index in [4.69, 9.17) is 4.74 Å². The highest BCUT2D eigenvalue weighted by molar-refractivity contribution is 5.94. The van der Waals surface area contributed by atoms with E-state index in [9.17, 15) is 36.2 Å². The highest BCUT2D eigenvalue weighted by atomic mass is 19.3. The van der Waals surface area contributed by atoms with Crippen LogP contribution in [-0.4, -0.2) is 68.9 Å². The van der Waals surface area contributed by atoms with Crippen molar-refractivity contribution in [2.75, 3.05) is 24.6 Å². The van der Waals surface area contributed by atoms with Gasteiger partial charge in [-0.15, -0.1) is 0 Å². The summed E-state index contributed by atoms with van der Waals surface area (Å²) in [6, 6.07) is 6.46. The first-order valence-electron chi connectivity index (χ1n) is 11.4. The van der Waals surface area contributed by atoms with Gasteiger partial charge >= 0.3 is 18.4 Å². The minimum absolute atomic E-state index is 0.0973. The molecule has 0 unspecified atom stereocenters. The van der Waals surface area contributed by atoms with Crippen LogP contribution >= 0.6 is 0 Å². The molecule has 1 saturated heterocycles. The molecule has 204 valence electrons. The average Bonchev–Trinajstić information content (AvgIpc) is 3.52. The van der Waals surface area contributed by atoms with Gasteiger partial charge in [-0.25, -0.2) is 32.0 Å². The number of amides is 2. The Morgan fingerprint density at radius 1 is 1.11 bits per heavy atom. The van der Waals surface area contributed by atoms with Crippen LogP contribution in [0.5, 0.6) is 5.75 Å². The highest BCUT2D eigenvalue weighted by Gasteiger charge is 2.46. The number of carbonyl (C=O) groups is 1. The van der Waals surface area contributed by atoms with Gasteiger partial charge in [0.05, 0.1) is 12.6 Å². The molecule has 2 atom stereocenters. The van der Waals surface area contributed by atoms with Gasteiger partial charge in [0.25, 0.3) is 0 Å². The zero-order valence-corrected chi connectivity index (χ0v) is 19.9. The van der Waals surface area contributed by atoms with Gasteiger partial charge < -0.3 is 14.7 Å². The minimum atomic E-state index is -4.31. The van der Waals surface area contributed by atoms with Crippen LogP contribution in [0.1, 0.15) is 12.5 Å². The fourth-order valence-corrected chi connectivity index (χ4v) is 4.22. The third-order valence-electron chi connectivity index (χ3n) is 6.37. The number of alkyl halides is 4. The predicted molar refractivity (Wildman–Crippen MR) is 122 cm³/mol. The van der Waals surface area contributed by atoms with E-state index in [1.165, 1.54) is 58.3 Å². The Morgan fingerprint density at radius 2 is 1.82 bits per heavy atom. The number of anilines is 1. The van der Waals surface area contributed by atoms with Crippen molar-refractivity contribution < 1.29 is 41.0 Å². The number of urea groups is 1. The maximum atomic E-state index is 14.8. The summed E-state index contributed by atoms with van der Waals surface area (Å²) >= 11 is 0. The fraction of sp³-hybridized carbons (Fsp3) is 0.375. The Bertz CT molecular complexity index is 1260. The first-order valence-corrected chi connectivity index (χ1v) is 11.4. The molecule has 0 bridgehead atoms. The second-order valence-corrected chi connectivity index (χ2v) is 8.79. The number of carbonyl (C=O) groups excluding carboxylic acids is 1. The van der Waals surface area contributed by atoms with Gasteiger partial charge in [0.15, 0.2) is 6.61 Å². The van der Waals surface area contributed by atoms with Crippen molar-refractivity contribution in [3.05, 3.63) is 72.3 Å². The number of halogens is 6. The van der Waals surface area contributed by atoms with E-state index in [1.54, 1.807) is 0 Å². The quantitative estimate of drug-likeness (QED) is 0.390. The van der Waals surface area contributed by atoms with Gasteiger partial charge in [-0.1, -0.05) is 6.07 Å². The van der Waals surface area contributed by atoms with Gasteiger partial charge in [0.1, 0.15) is 35.6 Å². The molecule has 2 heterocycles. The predicted octanol–water partition coefficient (Wildman–Crippen LogP) is 4.05. The summed E-state index contributed by atoms with van der Waals surface area (Å²) in [5, 5.41) is 15.7. The third kappa shape index (κ3) is 5.39. The van der Waals surface area contributed by atoms with Crippen LogP contribution in [0, 0.1) is 11.6 Å². The van der Waals surface area contributed by atoms with Crippen LogP contribution in [-0.2, 0) is 12.1 Å². The fourth-order valence-electron chi connectivity index (χ4n) is 4.22. The molecule has 4 rings (SSSR count). The zero-order chi connectivity index (χ0) is 27.7. The van der Waals surface area contributed by atoms with Gasteiger partial charge in [0, 0.05) is 30.4 Å². The Hall–Kier alpha value is -3.81. The highest BCUT2D eigenvalue weighted by Crippen LogP contribution is 2.35. The topological polar surface area (TPSA) is 83.7 Å². The number of nitrogens with zero attached hydrogens (tertiary/aromatic N) is 5. The number of hydrogen-bond acceptors (Lipinski definition) is 5. The Labute approximate surface area is 213 Å². The molecule has 1 aliphatic heterocycles. The maximum absolute atomic E-state index is 14.8. The monoisotopic (exact) mass is 543 g/mol. The lowest BCUT2D eigenvalue weighted by Crippen LogP contribution is -2.53. The van der Waals surface area contributed by atoms with Crippen LogP contribution in [0.3, 0.4) is 0 Å². The van der Waals surface area contributed by atoms with Crippen LogP contribution < -0.4 is 9.64 Å². The minimum Gasteiger partial charge on any atom is -0.487 e. The summed E-state index contributed by atoms with van der Waals surface area (Å²) < 4.78 is 85.3. The van der Waals surface area contributed by atoms with Crippen molar-refractivity contribution in [1.82, 2.24) is 19.7 Å². The number of aliphatic hydroxyl groups is 1. The molecule has 14 heteroatoms. The van der Waals surface area contributed by atoms with E-state index in [0.717, 1.165) is 12.1 Å². The largest absolute Gasteiger partial charge is 0.487 e. The van der Waals surface area contributed by atoms with E-state index < -0.39 is 48.3 Å². The Morgan fingerprint density at radius 3 is 2.42 bits per heavy atom. The molecule has 0 spiro atoms. The van der Waals surface area contributed by atoms with E-state index >= 15 is 0 Å². The number of benzene rings is 2. The number of ether oxygens (including phenoxy) is 1. The second-order valence-electron chi connectivity index (χ2n) is 8.79. The van der Waals surface area contributed by atoms with Crippen molar-refractivity contribution in [3.8, 4) is 5.75 Å². The van der Waals surface area contributed by atoms with E-state index in [0.29, 0.717) is 11.8 Å². The molecular formula is C24H23F6N5O3. The molecule has 2 amide bonds. The normalized spacial score (nSPS) is 16.7. The lowest BCUT2D eigenvalue weighted by Gasteiger charge is -2.39. The third-order valence-corrected chi connectivity index (χ3v) is 6.37. The summed E-state index contributed by atoms with van der Waals surface area (Å²) in [6.07, 6.45) is -1.35. The lowest BCUT2D eigenvalue weighted by atomic mass is 9.85. The van der Waals surface area contributed by atoms with Crippen LogP contribution in [0.2, 0.25) is 0 Å². The molecule has 2 aromatic carbocycles. The first-order chi connectivity index (χ1) is 17.9. The van der Waals surface area contributed by atoms with Crippen molar-refractivity contribution in [2.24, 2.45) is 0 Å². The summed E-state index contributed by atoms with van der Waals surface area (Å²) in [5.74, 6) is -6.25. The van der Waals surface area contributed by atoms with Crippen molar-refractivity contribution >= 4 is 11.7 Å². The summed E-state index contributed by atoms with van der Waals surface area (Å²) in [4.78, 5) is 19.8. The number of rotatable bonds is 10. The average molecular weight is 543 g/mol. The van der Waals surface area contributed by atoms with E-state index in [2.05, 4.69) is 10.1 Å². The van der Waals surface area contributed by atoms with Crippen molar-refractivity contribution in [2.45, 2.75) is 37.5 Å². The van der Waals surface area contributed by atoms with E-state index in [-0.39, 0.29) is 30.9 Å². The molecule has 1 fully saturated rings. The smallest absolute Gasteiger partial charge is 0.340 e. The van der Waals surface area contributed by atoms with Gasteiger partial charge in [0.2, 0.25) is 0 Å². The van der Waals surface area contributed by atoms with Crippen LogP contribution in [0.15, 0.2) is 55.1 Å². The molecule has 1 aliphatic rings. The summed E-state index contributed by atoms with van der Waals surface area (Å²) in [7, 11) is 0. The van der Waals surface area contributed by atoms with Gasteiger partial charge in [-0.2, -0.15) is 13.9 Å². The summed E-state index contributed by atoms with van der Waals surface area (Å²) in [6.45, 7) is -0.00122. The molecule has 0 aliphatic carbocycles.